The van der Waals surface area contributed by atoms with E-state index in [9.17, 15) is 13.7 Å². The molecule has 6 heteroatoms. The van der Waals surface area contributed by atoms with Gasteiger partial charge in [-0.15, -0.1) is 4.72 Å². The number of carbonyl (C=O) groups is 1. The van der Waals surface area contributed by atoms with E-state index in [1.165, 1.54) is 6.07 Å². The molecular weight excluding hydrogens is 345 g/mol. The summed E-state index contributed by atoms with van der Waals surface area (Å²) in [5.74, 6) is -0.434. The number of carbonyl (C=O) groups excluding carboxylic acids is 1. The van der Waals surface area contributed by atoms with Crippen LogP contribution in [0, 0.1) is 5.82 Å². The van der Waals surface area contributed by atoms with Gasteiger partial charge in [0, 0.05) is 27.8 Å². The summed E-state index contributed by atoms with van der Waals surface area (Å²) in [6, 6.07) is 4.51. The van der Waals surface area contributed by atoms with Gasteiger partial charge in [0.2, 0.25) is 0 Å². The van der Waals surface area contributed by atoms with Gasteiger partial charge in [-0.05, 0) is 45.9 Å². The van der Waals surface area contributed by atoms with Crippen molar-refractivity contribution in [3.8, 4) is 0 Å². The van der Waals surface area contributed by atoms with Crippen molar-refractivity contribution in [1.82, 2.24) is 4.72 Å². The van der Waals surface area contributed by atoms with Crippen molar-refractivity contribution in [2.45, 2.75) is 44.4 Å². The highest BCUT2D eigenvalue weighted by atomic mass is 79.9. The van der Waals surface area contributed by atoms with E-state index in [0.717, 1.165) is 0 Å². The molecule has 0 heterocycles. The summed E-state index contributed by atoms with van der Waals surface area (Å²) in [4.78, 5) is 10.9. The maximum absolute atomic E-state index is 14.1. The number of nitrogens with one attached hydrogen (secondary N) is 1. The van der Waals surface area contributed by atoms with Crippen molar-refractivity contribution < 1.29 is 13.7 Å². The Balaban J connectivity index is 3.20. The van der Waals surface area contributed by atoms with Gasteiger partial charge in [-0.2, -0.15) is 0 Å². The molecule has 1 unspecified atom stereocenters. The predicted octanol–water partition coefficient (Wildman–Crippen LogP) is 3.44. The molecule has 0 saturated carbocycles. The Morgan fingerprint density at radius 2 is 2.00 bits per heavy atom. The van der Waals surface area contributed by atoms with Gasteiger partial charge in [-0.1, -0.05) is 15.9 Å². The van der Waals surface area contributed by atoms with E-state index in [1.807, 2.05) is 20.8 Å². The highest BCUT2D eigenvalue weighted by Gasteiger charge is 2.38. The van der Waals surface area contributed by atoms with Crippen LogP contribution in [0.25, 0.3) is 0 Å². The Morgan fingerprint density at radius 1 is 1.40 bits per heavy atom. The fraction of sp³-hybridized carbons (Fsp3) is 0.500. The van der Waals surface area contributed by atoms with Gasteiger partial charge in [-0.25, -0.2) is 4.39 Å². The normalized spacial score (nSPS) is 16.6. The minimum atomic E-state index is -1.41. The summed E-state index contributed by atoms with van der Waals surface area (Å²) in [6.45, 7) is 7.12. The van der Waals surface area contributed by atoms with Crippen molar-refractivity contribution in [2.24, 2.45) is 0 Å². The highest BCUT2D eigenvalue weighted by molar-refractivity contribution is 9.10. The molecule has 1 aromatic carbocycles. The number of aldehydes is 1. The number of hydrogen-bond donors (Lipinski definition) is 1. The number of halogens is 2. The summed E-state index contributed by atoms with van der Waals surface area (Å²) in [6.07, 6.45) is 0.732. The second kappa shape index (κ2) is 6.56. The third-order valence-electron chi connectivity index (χ3n) is 2.89. The van der Waals surface area contributed by atoms with Gasteiger partial charge in [-0.3, -0.25) is 0 Å². The zero-order valence-electron chi connectivity index (χ0n) is 12.0. The van der Waals surface area contributed by atoms with E-state index in [2.05, 4.69) is 20.7 Å². The summed E-state index contributed by atoms with van der Waals surface area (Å²) < 4.78 is 29.4. The molecule has 0 aliphatic heterocycles. The second-order valence-corrected chi connectivity index (χ2v) is 8.69. The fourth-order valence-corrected chi connectivity index (χ4v) is 2.92. The van der Waals surface area contributed by atoms with Gasteiger partial charge in [0.25, 0.3) is 0 Å². The molecule has 0 saturated heterocycles. The van der Waals surface area contributed by atoms with Crippen LogP contribution in [0.1, 0.15) is 39.7 Å². The number of benzene rings is 1. The Morgan fingerprint density at radius 3 is 2.50 bits per heavy atom. The van der Waals surface area contributed by atoms with Crippen LogP contribution in [0.4, 0.5) is 4.39 Å². The average molecular weight is 364 g/mol. The lowest BCUT2D eigenvalue weighted by molar-refractivity contribution is -0.108. The summed E-state index contributed by atoms with van der Waals surface area (Å²) in [7, 11) is 0. The molecule has 0 radical (unpaired) electrons. The summed E-state index contributed by atoms with van der Waals surface area (Å²) in [5, 5.41) is 0. The third-order valence-corrected chi connectivity index (χ3v) is 5.13. The zero-order valence-corrected chi connectivity index (χ0v) is 14.4. The maximum Gasteiger partial charge on any atom is 0.136 e. The van der Waals surface area contributed by atoms with Crippen LogP contribution in [-0.2, 0) is 21.7 Å². The van der Waals surface area contributed by atoms with E-state index < -0.39 is 27.5 Å². The minimum absolute atomic E-state index is 0.0300. The average Bonchev–Trinajstić information content (AvgIpc) is 2.31. The van der Waals surface area contributed by atoms with Crippen LogP contribution in [0.15, 0.2) is 22.7 Å². The molecule has 0 aromatic heterocycles. The topological polar surface area (TPSA) is 52.2 Å². The van der Waals surface area contributed by atoms with Gasteiger partial charge in [0.15, 0.2) is 0 Å². The van der Waals surface area contributed by atoms with Crippen molar-refractivity contribution in [3.63, 3.8) is 0 Å². The molecule has 0 fully saturated rings. The van der Waals surface area contributed by atoms with Gasteiger partial charge in [0.1, 0.15) is 16.9 Å². The maximum atomic E-state index is 14.1. The number of hydrogen-bond acceptors (Lipinski definition) is 3. The lowest BCUT2D eigenvalue weighted by Crippen LogP contribution is -2.50. The standard InChI is InChI=1S/C14H19BrFNO2S/c1-13(2,3)20(19)17-14(4,7-8-18)11-9-10(15)5-6-12(11)16/h5-6,8-9,17H,7H2,1-4H3/t14?,20-/m1/s1. The summed E-state index contributed by atoms with van der Waals surface area (Å²) >= 11 is 1.87. The molecular formula is C14H19BrFNO2S. The van der Waals surface area contributed by atoms with Crippen LogP contribution in [0.5, 0.6) is 0 Å². The smallest absolute Gasteiger partial charge is 0.136 e. The monoisotopic (exact) mass is 363 g/mol. The van der Waals surface area contributed by atoms with E-state index >= 15 is 0 Å². The van der Waals surface area contributed by atoms with Gasteiger partial charge < -0.3 is 9.35 Å². The van der Waals surface area contributed by atoms with E-state index in [-0.39, 0.29) is 6.42 Å². The van der Waals surface area contributed by atoms with Crippen molar-refractivity contribution in [1.29, 1.82) is 0 Å². The third kappa shape index (κ3) is 4.28. The molecule has 20 heavy (non-hydrogen) atoms. The SMILES string of the molecule is CC(CC=O)(N[S@+]([O-])C(C)(C)C)c1cc(Br)ccc1F. The quantitative estimate of drug-likeness (QED) is 0.643. The molecule has 0 bridgehead atoms. The van der Waals surface area contributed by atoms with E-state index in [4.69, 9.17) is 0 Å². The molecule has 112 valence electrons. The molecule has 3 nitrogen and oxygen atoms in total. The van der Waals surface area contributed by atoms with Crippen LogP contribution in [-0.4, -0.2) is 15.6 Å². The molecule has 2 atom stereocenters. The van der Waals surface area contributed by atoms with Crippen LogP contribution in [0.3, 0.4) is 0 Å². The Kier molecular flexibility index (Phi) is 5.78. The van der Waals surface area contributed by atoms with Crippen LogP contribution in [0.2, 0.25) is 0 Å². The number of rotatable bonds is 5. The summed E-state index contributed by atoms with van der Waals surface area (Å²) in [5.41, 5.74) is -0.704. The molecule has 1 N–H and O–H groups in total. The Bertz CT molecular complexity index is 493. The largest absolute Gasteiger partial charge is 0.598 e. The van der Waals surface area contributed by atoms with Gasteiger partial charge >= 0.3 is 0 Å². The molecule has 0 amide bonds. The first kappa shape index (κ1) is 17.6. The molecule has 0 spiro atoms. The molecule has 1 aromatic rings. The first-order valence-electron chi connectivity index (χ1n) is 6.19. The van der Waals surface area contributed by atoms with Crippen molar-refractivity contribution in [3.05, 3.63) is 34.1 Å². The second-order valence-electron chi connectivity index (χ2n) is 5.81. The molecule has 0 aliphatic rings. The lowest BCUT2D eigenvalue weighted by Gasteiger charge is -2.34. The minimum Gasteiger partial charge on any atom is -0.598 e. The van der Waals surface area contributed by atoms with E-state index in [0.29, 0.717) is 16.3 Å². The predicted molar refractivity (Wildman–Crippen MR) is 83.2 cm³/mol. The highest BCUT2D eigenvalue weighted by Crippen LogP contribution is 2.31. The lowest BCUT2D eigenvalue weighted by atomic mass is 9.90. The van der Waals surface area contributed by atoms with Crippen molar-refractivity contribution >= 4 is 33.6 Å². The van der Waals surface area contributed by atoms with Crippen LogP contribution < -0.4 is 4.72 Å². The van der Waals surface area contributed by atoms with E-state index in [1.54, 1.807) is 19.1 Å². The first-order valence-corrected chi connectivity index (χ1v) is 8.13. The molecule has 1 rings (SSSR count). The fourth-order valence-electron chi connectivity index (χ4n) is 1.65. The molecule has 0 aliphatic carbocycles. The first-order chi connectivity index (χ1) is 9.10. The zero-order chi connectivity index (χ0) is 15.6. The Hall–Kier alpha value is -0.430. The Labute approximate surface area is 130 Å². The van der Waals surface area contributed by atoms with Crippen LogP contribution >= 0.6 is 15.9 Å². The van der Waals surface area contributed by atoms with Gasteiger partial charge in [0.05, 0.1) is 5.54 Å². The van der Waals surface area contributed by atoms with Crippen molar-refractivity contribution in [2.75, 3.05) is 0 Å².